The van der Waals surface area contributed by atoms with Crippen LogP contribution < -0.4 is 4.74 Å². The first-order chi connectivity index (χ1) is 6.61. The van der Waals surface area contributed by atoms with E-state index in [0.717, 1.165) is 0 Å². The molecule has 0 spiro atoms. The molecule has 0 saturated carbocycles. The molecular weight excluding hydrogens is 182 g/mol. The minimum Gasteiger partial charge on any atom is -0.458 e. The Kier molecular flexibility index (Phi) is 3.48. The van der Waals surface area contributed by atoms with Gasteiger partial charge in [0, 0.05) is 12.3 Å². The normalized spacial score (nSPS) is 14.4. The Labute approximate surface area is 82.5 Å². The second-order valence-electron chi connectivity index (χ2n) is 3.11. The van der Waals surface area contributed by atoms with Crippen molar-refractivity contribution in [3.63, 3.8) is 0 Å². The Hall–Kier alpha value is -1.54. The molecule has 2 unspecified atom stereocenters. The molecule has 1 N–H and O–H groups in total. The molecule has 0 radical (unpaired) electrons. The number of aromatic nitrogens is 2. The van der Waals surface area contributed by atoms with Crippen molar-refractivity contribution in [3.8, 4) is 11.9 Å². The van der Waals surface area contributed by atoms with Gasteiger partial charge >= 0.3 is 0 Å². The molecule has 5 nitrogen and oxygen atoms in total. The van der Waals surface area contributed by atoms with Gasteiger partial charge in [-0.25, -0.2) is 0 Å². The average molecular weight is 195 g/mol. The van der Waals surface area contributed by atoms with E-state index in [0.29, 0.717) is 12.4 Å². The maximum Gasteiger partial charge on any atom is 0.234 e. The van der Waals surface area contributed by atoms with E-state index in [1.165, 1.54) is 0 Å². The van der Waals surface area contributed by atoms with Crippen LogP contribution in [0.1, 0.15) is 13.8 Å². The highest BCUT2D eigenvalue weighted by molar-refractivity contribution is 5.07. The monoisotopic (exact) mass is 195 g/mol. The van der Waals surface area contributed by atoms with Gasteiger partial charge < -0.3 is 9.84 Å². The lowest BCUT2D eigenvalue weighted by molar-refractivity contribution is 0.166. The van der Waals surface area contributed by atoms with E-state index in [9.17, 15) is 0 Å². The van der Waals surface area contributed by atoms with E-state index < -0.39 is 12.2 Å². The second kappa shape index (κ2) is 4.63. The SMILES string of the molecule is CC(O)Cn1ccc(OC(C)C#N)n1. The number of aliphatic hydroxyl groups excluding tert-OH is 1. The van der Waals surface area contributed by atoms with Crippen LogP contribution in [-0.2, 0) is 6.54 Å². The van der Waals surface area contributed by atoms with Crippen molar-refractivity contribution >= 4 is 0 Å². The van der Waals surface area contributed by atoms with Crippen LogP contribution in [0, 0.1) is 11.3 Å². The number of nitriles is 1. The molecule has 0 aliphatic rings. The van der Waals surface area contributed by atoms with Crippen LogP contribution in [0.5, 0.6) is 5.88 Å². The first kappa shape index (κ1) is 10.5. The van der Waals surface area contributed by atoms with Gasteiger partial charge in [0.15, 0.2) is 6.10 Å². The summed E-state index contributed by atoms with van der Waals surface area (Å²) in [5.74, 6) is 0.403. The van der Waals surface area contributed by atoms with E-state index in [2.05, 4.69) is 5.10 Å². The van der Waals surface area contributed by atoms with Crippen molar-refractivity contribution in [2.24, 2.45) is 0 Å². The van der Waals surface area contributed by atoms with Crippen LogP contribution >= 0.6 is 0 Å². The lowest BCUT2D eigenvalue weighted by Gasteiger charge is -2.04. The molecule has 14 heavy (non-hydrogen) atoms. The van der Waals surface area contributed by atoms with Crippen LogP contribution in [0.3, 0.4) is 0 Å². The van der Waals surface area contributed by atoms with Crippen molar-refractivity contribution in [1.29, 1.82) is 5.26 Å². The Bertz CT molecular complexity index is 327. The largest absolute Gasteiger partial charge is 0.458 e. The van der Waals surface area contributed by atoms with Gasteiger partial charge in [0.1, 0.15) is 6.07 Å². The number of aliphatic hydroxyl groups is 1. The van der Waals surface area contributed by atoms with Gasteiger partial charge in [-0.2, -0.15) is 5.26 Å². The highest BCUT2D eigenvalue weighted by Crippen LogP contribution is 2.08. The molecule has 0 bridgehead atoms. The maximum absolute atomic E-state index is 9.09. The summed E-state index contributed by atoms with van der Waals surface area (Å²) in [6.07, 6.45) is 0.743. The molecule has 5 heteroatoms. The molecule has 1 aromatic heterocycles. The molecule has 0 fully saturated rings. The van der Waals surface area contributed by atoms with Crippen molar-refractivity contribution in [2.75, 3.05) is 0 Å². The van der Waals surface area contributed by atoms with E-state index in [4.69, 9.17) is 15.1 Å². The third-order valence-corrected chi connectivity index (χ3v) is 1.55. The molecule has 1 heterocycles. The van der Waals surface area contributed by atoms with E-state index >= 15 is 0 Å². The fraction of sp³-hybridized carbons (Fsp3) is 0.556. The first-order valence-corrected chi connectivity index (χ1v) is 4.39. The van der Waals surface area contributed by atoms with E-state index in [1.54, 1.807) is 30.8 Å². The van der Waals surface area contributed by atoms with Gasteiger partial charge in [-0.15, -0.1) is 5.10 Å². The molecule has 0 aliphatic heterocycles. The summed E-state index contributed by atoms with van der Waals surface area (Å²) in [7, 11) is 0. The topological polar surface area (TPSA) is 71.1 Å². The first-order valence-electron chi connectivity index (χ1n) is 4.39. The summed E-state index contributed by atoms with van der Waals surface area (Å²) in [6.45, 7) is 3.75. The number of hydrogen-bond acceptors (Lipinski definition) is 4. The number of nitrogens with zero attached hydrogens (tertiary/aromatic N) is 3. The highest BCUT2D eigenvalue weighted by atomic mass is 16.5. The fourth-order valence-corrected chi connectivity index (χ4v) is 0.986. The third-order valence-electron chi connectivity index (χ3n) is 1.55. The summed E-state index contributed by atoms with van der Waals surface area (Å²) in [5, 5.41) is 21.6. The lowest BCUT2D eigenvalue weighted by atomic mass is 10.4. The minimum atomic E-state index is -0.509. The van der Waals surface area contributed by atoms with Gasteiger partial charge in [0.2, 0.25) is 5.88 Å². The van der Waals surface area contributed by atoms with Crippen molar-refractivity contribution in [2.45, 2.75) is 32.6 Å². The zero-order valence-electron chi connectivity index (χ0n) is 8.21. The minimum absolute atomic E-state index is 0.403. The average Bonchev–Trinajstić information content (AvgIpc) is 2.51. The Balaban J connectivity index is 2.56. The summed E-state index contributed by atoms with van der Waals surface area (Å²) in [6, 6.07) is 3.61. The van der Waals surface area contributed by atoms with Crippen molar-refractivity contribution < 1.29 is 9.84 Å². The van der Waals surface area contributed by atoms with Crippen LogP contribution in [-0.4, -0.2) is 27.1 Å². The van der Waals surface area contributed by atoms with Gasteiger partial charge in [-0.1, -0.05) is 0 Å². The fourth-order valence-electron chi connectivity index (χ4n) is 0.986. The van der Waals surface area contributed by atoms with Gasteiger partial charge in [0.25, 0.3) is 0 Å². The Morgan fingerprint density at radius 1 is 1.71 bits per heavy atom. The summed E-state index contributed by atoms with van der Waals surface area (Å²) in [5.41, 5.74) is 0. The van der Waals surface area contributed by atoms with Gasteiger partial charge in [-0.3, -0.25) is 4.68 Å². The molecule has 0 aliphatic carbocycles. The summed E-state index contributed by atoms with van der Waals surface area (Å²) >= 11 is 0. The van der Waals surface area contributed by atoms with Crippen LogP contribution in [0.15, 0.2) is 12.3 Å². The second-order valence-corrected chi connectivity index (χ2v) is 3.11. The molecule has 2 atom stereocenters. The van der Waals surface area contributed by atoms with Gasteiger partial charge in [-0.05, 0) is 13.8 Å². The van der Waals surface area contributed by atoms with Crippen LogP contribution in [0.2, 0.25) is 0 Å². The molecule has 1 aromatic rings. The number of rotatable bonds is 4. The van der Waals surface area contributed by atoms with Gasteiger partial charge in [0.05, 0.1) is 12.6 Å². The summed E-state index contributed by atoms with van der Waals surface area (Å²) < 4.78 is 6.72. The number of ether oxygens (including phenoxy) is 1. The predicted octanol–water partition coefficient (Wildman–Crippen LogP) is 0.555. The molecular formula is C9H13N3O2. The maximum atomic E-state index is 9.09. The molecule has 1 rings (SSSR count). The van der Waals surface area contributed by atoms with Crippen molar-refractivity contribution in [3.05, 3.63) is 12.3 Å². The molecule has 76 valence electrons. The lowest BCUT2D eigenvalue weighted by Crippen LogP contribution is -2.13. The third kappa shape index (κ3) is 3.07. The van der Waals surface area contributed by atoms with E-state index in [-0.39, 0.29) is 0 Å². The Morgan fingerprint density at radius 2 is 2.43 bits per heavy atom. The highest BCUT2D eigenvalue weighted by Gasteiger charge is 2.05. The van der Waals surface area contributed by atoms with Crippen molar-refractivity contribution in [1.82, 2.24) is 9.78 Å². The zero-order valence-corrected chi connectivity index (χ0v) is 8.21. The number of hydrogen-bond donors (Lipinski definition) is 1. The van der Waals surface area contributed by atoms with E-state index in [1.807, 2.05) is 6.07 Å². The zero-order chi connectivity index (χ0) is 10.6. The molecule has 0 amide bonds. The quantitative estimate of drug-likeness (QED) is 0.761. The Morgan fingerprint density at radius 3 is 3.00 bits per heavy atom. The molecule has 0 aromatic carbocycles. The molecule has 0 saturated heterocycles. The standard InChI is InChI=1S/C9H13N3O2/c1-7(13)6-12-4-3-9(11-12)14-8(2)5-10/h3-4,7-8,13H,6H2,1-2H3. The predicted molar refractivity (Wildman–Crippen MR) is 49.6 cm³/mol. The smallest absolute Gasteiger partial charge is 0.234 e. The van der Waals surface area contributed by atoms with Crippen LogP contribution in [0.4, 0.5) is 0 Å². The van der Waals surface area contributed by atoms with Crippen LogP contribution in [0.25, 0.3) is 0 Å². The summed E-state index contributed by atoms with van der Waals surface area (Å²) in [4.78, 5) is 0.